The Morgan fingerprint density at radius 2 is 2.05 bits per heavy atom. The molecule has 1 amide bonds. The minimum Gasteiger partial charge on any atom is -0.346 e. The van der Waals surface area contributed by atoms with Crippen LogP contribution >= 0.6 is 11.6 Å². The largest absolute Gasteiger partial charge is 0.346 e. The molecule has 0 saturated heterocycles. The van der Waals surface area contributed by atoms with Crippen LogP contribution in [0.25, 0.3) is 5.52 Å². The van der Waals surface area contributed by atoms with Crippen LogP contribution in [0.4, 0.5) is 4.39 Å². The van der Waals surface area contributed by atoms with Crippen molar-refractivity contribution in [3.63, 3.8) is 0 Å². The molecule has 2 heterocycles. The highest BCUT2D eigenvalue weighted by Crippen LogP contribution is 2.44. The Labute approximate surface area is 126 Å². The lowest BCUT2D eigenvalue weighted by Crippen LogP contribution is -2.39. The van der Waals surface area contributed by atoms with Crippen LogP contribution in [0.3, 0.4) is 0 Å². The maximum Gasteiger partial charge on any atom is 0.287 e. The van der Waals surface area contributed by atoms with Crippen molar-refractivity contribution in [2.45, 2.75) is 31.7 Å². The first-order chi connectivity index (χ1) is 10.1. The second kappa shape index (κ2) is 4.70. The SMILES string of the molecule is O=C(NC(C1CC1)C1CC1)c1nc(Cl)c2c(F)cccn12. The van der Waals surface area contributed by atoms with Gasteiger partial charge in [-0.25, -0.2) is 9.37 Å². The van der Waals surface area contributed by atoms with Crippen molar-refractivity contribution < 1.29 is 9.18 Å². The minimum atomic E-state index is -0.477. The Morgan fingerprint density at radius 1 is 1.38 bits per heavy atom. The fourth-order valence-corrected chi connectivity index (χ4v) is 3.23. The molecular formula is C15H15ClFN3O. The molecule has 2 aromatic rings. The van der Waals surface area contributed by atoms with E-state index in [1.807, 2.05) is 0 Å². The molecule has 110 valence electrons. The van der Waals surface area contributed by atoms with Crippen molar-refractivity contribution in [3.05, 3.63) is 35.1 Å². The molecule has 4 nitrogen and oxygen atoms in total. The number of carbonyl (C=O) groups is 1. The first kappa shape index (κ1) is 13.1. The Bertz CT molecular complexity index is 709. The van der Waals surface area contributed by atoms with Gasteiger partial charge in [-0.3, -0.25) is 9.20 Å². The maximum atomic E-state index is 13.8. The summed E-state index contributed by atoms with van der Waals surface area (Å²) >= 11 is 5.96. The van der Waals surface area contributed by atoms with Gasteiger partial charge in [-0.15, -0.1) is 0 Å². The highest BCUT2D eigenvalue weighted by molar-refractivity contribution is 6.33. The number of nitrogens with zero attached hydrogens (tertiary/aromatic N) is 2. The number of carbonyl (C=O) groups excluding carboxylic acids is 1. The first-order valence-corrected chi connectivity index (χ1v) is 7.66. The van der Waals surface area contributed by atoms with Crippen molar-refractivity contribution >= 4 is 23.0 Å². The van der Waals surface area contributed by atoms with E-state index in [-0.39, 0.29) is 28.4 Å². The molecular weight excluding hydrogens is 293 g/mol. The minimum absolute atomic E-state index is 0.0210. The number of aromatic nitrogens is 2. The summed E-state index contributed by atoms with van der Waals surface area (Å²) in [6, 6.07) is 3.08. The summed E-state index contributed by atoms with van der Waals surface area (Å²) in [6.45, 7) is 0. The van der Waals surface area contributed by atoms with E-state index in [1.165, 1.54) is 42.2 Å². The van der Waals surface area contributed by atoms with Gasteiger partial charge in [0.15, 0.2) is 5.15 Å². The zero-order valence-corrected chi connectivity index (χ0v) is 12.1. The summed E-state index contributed by atoms with van der Waals surface area (Å²) < 4.78 is 15.2. The molecule has 6 heteroatoms. The molecule has 2 aliphatic carbocycles. The number of amides is 1. The van der Waals surface area contributed by atoms with Gasteiger partial charge in [-0.1, -0.05) is 11.6 Å². The van der Waals surface area contributed by atoms with E-state index in [4.69, 9.17) is 11.6 Å². The third-order valence-corrected chi connectivity index (χ3v) is 4.60. The van der Waals surface area contributed by atoms with Gasteiger partial charge < -0.3 is 5.32 Å². The predicted octanol–water partition coefficient (Wildman–Crippen LogP) is 3.05. The molecule has 0 bridgehead atoms. The van der Waals surface area contributed by atoms with Gasteiger partial charge >= 0.3 is 0 Å². The van der Waals surface area contributed by atoms with E-state index < -0.39 is 5.82 Å². The van der Waals surface area contributed by atoms with Crippen LogP contribution in [-0.2, 0) is 0 Å². The fraction of sp³-hybridized carbons (Fsp3) is 0.467. The standard InChI is InChI=1S/C15H15ClFN3O/c16-13-12-10(17)2-1-7-20(12)14(19-13)15(21)18-11(8-3-4-8)9-5-6-9/h1-2,7-9,11H,3-6H2,(H,18,21). The van der Waals surface area contributed by atoms with Crippen LogP contribution in [0.1, 0.15) is 36.3 Å². The van der Waals surface area contributed by atoms with E-state index >= 15 is 0 Å². The normalized spacial score (nSPS) is 18.4. The second-order valence-electron chi connectivity index (χ2n) is 5.98. The summed E-state index contributed by atoms with van der Waals surface area (Å²) in [6.07, 6.45) is 6.33. The molecule has 0 atom stereocenters. The van der Waals surface area contributed by atoms with Gasteiger partial charge in [0.25, 0.3) is 5.91 Å². The number of imidazole rings is 1. The lowest BCUT2D eigenvalue weighted by atomic mass is 10.1. The van der Waals surface area contributed by atoms with E-state index in [2.05, 4.69) is 10.3 Å². The summed E-state index contributed by atoms with van der Waals surface area (Å²) in [5.41, 5.74) is 0.152. The average molecular weight is 308 g/mol. The monoisotopic (exact) mass is 307 g/mol. The maximum absolute atomic E-state index is 13.8. The summed E-state index contributed by atoms with van der Waals surface area (Å²) in [5.74, 6) is 0.599. The van der Waals surface area contributed by atoms with Crippen LogP contribution in [0.2, 0.25) is 5.15 Å². The van der Waals surface area contributed by atoms with Gasteiger partial charge in [0, 0.05) is 12.2 Å². The topological polar surface area (TPSA) is 46.4 Å². The Kier molecular flexibility index (Phi) is 2.92. The van der Waals surface area contributed by atoms with Crippen molar-refractivity contribution in [2.75, 3.05) is 0 Å². The van der Waals surface area contributed by atoms with Crippen molar-refractivity contribution in [2.24, 2.45) is 11.8 Å². The average Bonchev–Trinajstić information content (AvgIpc) is 3.35. The number of fused-ring (bicyclic) bond motifs is 1. The number of halogens is 2. The number of hydrogen-bond donors (Lipinski definition) is 1. The van der Waals surface area contributed by atoms with Crippen molar-refractivity contribution in [1.29, 1.82) is 0 Å². The first-order valence-electron chi connectivity index (χ1n) is 7.28. The molecule has 2 fully saturated rings. The molecule has 0 unspecified atom stereocenters. The van der Waals surface area contributed by atoms with E-state index in [0.29, 0.717) is 11.8 Å². The number of nitrogens with one attached hydrogen (secondary N) is 1. The second-order valence-corrected chi connectivity index (χ2v) is 6.33. The molecule has 2 saturated carbocycles. The summed E-state index contributed by atoms with van der Waals surface area (Å²) in [4.78, 5) is 16.5. The highest BCUT2D eigenvalue weighted by Gasteiger charge is 2.42. The summed E-state index contributed by atoms with van der Waals surface area (Å²) in [7, 11) is 0. The van der Waals surface area contributed by atoms with Gasteiger partial charge in [0.1, 0.15) is 11.3 Å². The zero-order chi connectivity index (χ0) is 14.6. The third-order valence-electron chi connectivity index (χ3n) is 4.33. The summed E-state index contributed by atoms with van der Waals surface area (Å²) in [5, 5.41) is 3.10. The number of pyridine rings is 1. The Morgan fingerprint density at radius 3 is 2.67 bits per heavy atom. The quantitative estimate of drug-likeness (QED) is 0.943. The highest BCUT2D eigenvalue weighted by atomic mass is 35.5. The molecule has 0 aliphatic heterocycles. The van der Waals surface area contributed by atoms with Gasteiger partial charge in [-0.05, 0) is 49.7 Å². The molecule has 2 aromatic heterocycles. The van der Waals surface area contributed by atoms with Crippen LogP contribution in [-0.4, -0.2) is 21.3 Å². The molecule has 4 rings (SSSR count). The number of hydrogen-bond acceptors (Lipinski definition) is 2. The third kappa shape index (κ3) is 2.29. The van der Waals surface area contributed by atoms with Crippen molar-refractivity contribution in [3.8, 4) is 0 Å². The molecule has 0 radical (unpaired) electrons. The lowest BCUT2D eigenvalue weighted by Gasteiger charge is -2.16. The Hall–Kier alpha value is -1.62. The van der Waals surface area contributed by atoms with Crippen LogP contribution in [0, 0.1) is 17.7 Å². The Balaban J connectivity index is 1.66. The molecule has 0 aromatic carbocycles. The molecule has 0 spiro atoms. The molecule has 1 N–H and O–H groups in total. The van der Waals surface area contributed by atoms with E-state index in [1.54, 1.807) is 6.20 Å². The molecule has 21 heavy (non-hydrogen) atoms. The predicted molar refractivity (Wildman–Crippen MR) is 76.9 cm³/mol. The van der Waals surface area contributed by atoms with Gasteiger partial charge in [0.05, 0.1) is 0 Å². The van der Waals surface area contributed by atoms with Gasteiger partial charge in [0.2, 0.25) is 5.82 Å². The fourth-order valence-electron chi connectivity index (χ4n) is 2.96. The number of rotatable bonds is 4. The van der Waals surface area contributed by atoms with E-state index in [9.17, 15) is 9.18 Å². The molecule has 2 aliphatic rings. The zero-order valence-electron chi connectivity index (χ0n) is 11.4. The van der Waals surface area contributed by atoms with Crippen LogP contribution < -0.4 is 5.32 Å². The van der Waals surface area contributed by atoms with Crippen LogP contribution in [0.5, 0.6) is 0 Å². The van der Waals surface area contributed by atoms with E-state index in [0.717, 1.165) is 0 Å². The smallest absolute Gasteiger partial charge is 0.287 e. The lowest BCUT2D eigenvalue weighted by molar-refractivity contribution is 0.0915. The van der Waals surface area contributed by atoms with Crippen LogP contribution in [0.15, 0.2) is 18.3 Å². The van der Waals surface area contributed by atoms with Crippen molar-refractivity contribution in [1.82, 2.24) is 14.7 Å². The van der Waals surface area contributed by atoms with Gasteiger partial charge in [-0.2, -0.15) is 0 Å².